The average Bonchev–Trinajstić information content (AvgIpc) is 3.05. The van der Waals surface area contributed by atoms with Crippen LogP contribution in [-0.4, -0.2) is 18.5 Å². The monoisotopic (exact) mass is 349 g/mol. The molecule has 0 bridgehead atoms. The highest BCUT2D eigenvalue weighted by Crippen LogP contribution is 2.44. The van der Waals surface area contributed by atoms with Crippen molar-refractivity contribution in [1.29, 1.82) is 0 Å². The van der Waals surface area contributed by atoms with Crippen molar-refractivity contribution in [3.63, 3.8) is 0 Å². The molecule has 2 heterocycles. The fourth-order valence-corrected chi connectivity index (χ4v) is 4.86. The van der Waals surface area contributed by atoms with Crippen LogP contribution in [0, 0.1) is 5.92 Å². The average molecular weight is 350 g/mol. The van der Waals surface area contributed by atoms with Crippen molar-refractivity contribution in [3.8, 4) is 0 Å². The van der Waals surface area contributed by atoms with Gasteiger partial charge in [0.2, 0.25) is 5.91 Å². The molecule has 1 aromatic carbocycles. The van der Waals surface area contributed by atoms with E-state index >= 15 is 0 Å². The topological polar surface area (TPSA) is 58.4 Å². The van der Waals surface area contributed by atoms with Crippen LogP contribution in [-0.2, 0) is 4.79 Å². The van der Waals surface area contributed by atoms with Crippen LogP contribution in [0.3, 0.4) is 0 Å². The third kappa shape index (κ3) is 2.09. The van der Waals surface area contributed by atoms with E-state index in [1.807, 2.05) is 6.07 Å². The summed E-state index contributed by atoms with van der Waals surface area (Å²) >= 11 is 3.69. The third-order valence-corrected chi connectivity index (χ3v) is 5.93. The number of rotatable bonds is 1. The van der Waals surface area contributed by atoms with Crippen molar-refractivity contribution >= 4 is 33.2 Å². The van der Waals surface area contributed by atoms with Gasteiger partial charge < -0.3 is 16.0 Å². The first kappa shape index (κ1) is 13.6. The lowest BCUT2D eigenvalue weighted by atomic mass is 9.91. The molecule has 4 nitrogen and oxygen atoms in total. The van der Waals surface area contributed by atoms with Crippen molar-refractivity contribution in [1.82, 2.24) is 0 Å². The molecule has 2 aliphatic heterocycles. The summed E-state index contributed by atoms with van der Waals surface area (Å²) in [5, 5.41) is 2.90. The minimum Gasteiger partial charge on any atom is -0.367 e. The third-order valence-electron chi connectivity index (χ3n) is 5.30. The van der Waals surface area contributed by atoms with Crippen molar-refractivity contribution in [2.45, 2.75) is 44.2 Å². The molecule has 112 valence electrons. The molecule has 4 rings (SSSR count). The number of nitrogens with one attached hydrogen (secondary N) is 1. The molecule has 3 N–H and O–H groups in total. The summed E-state index contributed by atoms with van der Waals surface area (Å²) in [6.45, 7) is 1.11. The minimum absolute atomic E-state index is 0.105. The maximum atomic E-state index is 11.7. The Morgan fingerprint density at radius 3 is 2.90 bits per heavy atom. The van der Waals surface area contributed by atoms with Gasteiger partial charge in [0.05, 0.1) is 5.69 Å². The predicted molar refractivity (Wildman–Crippen MR) is 87.4 cm³/mol. The number of amides is 1. The lowest BCUT2D eigenvalue weighted by molar-refractivity contribution is -0.116. The van der Waals surface area contributed by atoms with Gasteiger partial charge in [-0.25, -0.2) is 0 Å². The molecule has 1 amide bonds. The molecular weight excluding hydrogens is 330 g/mol. The summed E-state index contributed by atoms with van der Waals surface area (Å²) < 4.78 is 1.06. The molecule has 3 atom stereocenters. The Morgan fingerprint density at radius 2 is 2.05 bits per heavy atom. The maximum absolute atomic E-state index is 11.7. The van der Waals surface area contributed by atoms with Crippen LogP contribution in [0.1, 0.15) is 43.7 Å². The van der Waals surface area contributed by atoms with E-state index in [0.717, 1.165) is 28.2 Å². The van der Waals surface area contributed by atoms with E-state index in [1.165, 1.54) is 37.8 Å². The number of benzene rings is 1. The Bertz CT molecular complexity index is 603. The number of hydrogen-bond acceptors (Lipinski definition) is 3. The van der Waals surface area contributed by atoms with Crippen LogP contribution < -0.4 is 16.0 Å². The number of carbonyl (C=O) groups is 1. The second-order valence-corrected chi connectivity index (χ2v) is 7.31. The Labute approximate surface area is 133 Å². The maximum Gasteiger partial charge on any atom is 0.245 e. The van der Waals surface area contributed by atoms with Gasteiger partial charge >= 0.3 is 0 Å². The van der Waals surface area contributed by atoms with E-state index in [2.05, 4.69) is 32.2 Å². The summed E-state index contributed by atoms with van der Waals surface area (Å²) in [4.78, 5) is 14.3. The van der Waals surface area contributed by atoms with E-state index < -0.39 is 6.04 Å². The highest BCUT2D eigenvalue weighted by Gasteiger charge is 2.37. The standard InChI is InChI=1S/C16H20BrN3O/c17-11-7-10-12(19-16(21)15(10)18)8-14(11)20-6-2-4-9-3-1-5-13(9)20/h7-9,13,15H,1-6,18H2,(H,19,21). The minimum atomic E-state index is -0.536. The molecule has 3 unspecified atom stereocenters. The zero-order chi connectivity index (χ0) is 14.6. The molecule has 1 saturated heterocycles. The van der Waals surface area contributed by atoms with Gasteiger partial charge in [0.15, 0.2) is 0 Å². The molecule has 5 heteroatoms. The Balaban J connectivity index is 1.72. The fraction of sp³-hybridized carbons (Fsp3) is 0.562. The first-order valence-corrected chi connectivity index (χ1v) is 8.61. The van der Waals surface area contributed by atoms with Crippen LogP contribution in [0.25, 0.3) is 0 Å². The van der Waals surface area contributed by atoms with Crippen molar-refractivity contribution in [2.75, 3.05) is 16.8 Å². The predicted octanol–water partition coefficient (Wildman–Crippen LogP) is 3.17. The van der Waals surface area contributed by atoms with E-state index in [-0.39, 0.29) is 5.91 Å². The van der Waals surface area contributed by atoms with Crippen molar-refractivity contribution < 1.29 is 4.79 Å². The summed E-state index contributed by atoms with van der Waals surface area (Å²) in [6, 6.07) is 4.25. The number of fused-ring (bicyclic) bond motifs is 2. The Hall–Kier alpha value is -1.07. The Morgan fingerprint density at radius 1 is 1.24 bits per heavy atom. The lowest BCUT2D eigenvalue weighted by Gasteiger charge is -2.40. The molecule has 0 radical (unpaired) electrons. The number of anilines is 2. The van der Waals surface area contributed by atoms with E-state index in [0.29, 0.717) is 6.04 Å². The normalized spacial score (nSPS) is 31.0. The largest absolute Gasteiger partial charge is 0.367 e. The highest BCUT2D eigenvalue weighted by atomic mass is 79.9. The van der Waals surface area contributed by atoms with Crippen LogP contribution in [0.2, 0.25) is 0 Å². The molecule has 0 spiro atoms. The summed E-state index contributed by atoms with van der Waals surface area (Å²) in [5.74, 6) is 0.738. The van der Waals surface area contributed by atoms with E-state index in [9.17, 15) is 4.79 Å². The van der Waals surface area contributed by atoms with E-state index in [1.54, 1.807) is 0 Å². The lowest BCUT2D eigenvalue weighted by Crippen LogP contribution is -2.42. The van der Waals surface area contributed by atoms with Gasteiger partial charge in [0.25, 0.3) is 0 Å². The van der Waals surface area contributed by atoms with Crippen molar-refractivity contribution in [2.24, 2.45) is 11.7 Å². The first-order chi connectivity index (χ1) is 10.1. The number of piperidine rings is 1. The number of carbonyl (C=O) groups excluding carboxylic acids is 1. The van der Waals surface area contributed by atoms with E-state index in [4.69, 9.17) is 5.73 Å². The molecule has 3 aliphatic rings. The highest BCUT2D eigenvalue weighted by molar-refractivity contribution is 9.10. The number of nitrogens with two attached hydrogens (primary N) is 1. The molecular formula is C16H20BrN3O. The number of halogens is 1. The second kappa shape index (κ2) is 4.99. The second-order valence-electron chi connectivity index (χ2n) is 6.45. The molecule has 1 aromatic rings. The number of nitrogens with zero attached hydrogens (tertiary/aromatic N) is 1. The van der Waals surface area contributed by atoms with Gasteiger partial charge in [-0.15, -0.1) is 0 Å². The zero-order valence-electron chi connectivity index (χ0n) is 11.9. The fourth-order valence-electron chi connectivity index (χ4n) is 4.27. The summed E-state index contributed by atoms with van der Waals surface area (Å²) in [7, 11) is 0. The molecule has 0 aromatic heterocycles. The molecule has 1 saturated carbocycles. The SMILES string of the molecule is NC1C(=O)Nc2cc(N3CCCC4CCCC43)c(Br)cc21. The van der Waals surface area contributed by atoms with Gasteiger partial charge in [-0.2, -0.15) is 0 Å². The van der Waals surface area contributed by atoms with Gasteiger partial charge in [0, 0.05) is 28.3 Å². The van der Waals surface area contributed by atoms with Crippen LogP contribution >= 0.6 is 15.9 Å². The molecule has 21 heavy (non-hydrogen) atoms. The van der Waals surface area contributed by atoms with Crippen molar-refractivity contribution in [3.05, 3.63) is 22.2 Å². The number of hydrogen-bond donors (Lipinski definition) is 2. The van der Waals surface area contributed by atoms with Crippen LogP contribution in [0.4, 0.5) is 11.4 Å². The van der Waals surface area contributed by atoms with Crippen LogP contribution in [0.5, 0.6) is 0 Å². The molecule has 2 fully saturated rings. The first-order valence-electron chi connectivity index (χ1n) is 7.81. The Kier molecular flexibility index (Phi) is 3.23. The zero-order valence-corrected chi connectivity index (χ0v) is 13.5. The smallest absolute Gasteiger partial charge is 0.245 e. The van der Waals surface area contributed by atoms with Crippen LogP contribution in [0.15, 0.2) is 16.6 Å². The summed E-state index contributed by atoms with van der Waals surface area (Å²) in [5.41, 5.74) is 8.91. The van der Waals surface area contributed by atoms with Gasteiger partial charge in [-0.1, -0.05) is 6.42 Å². The van der Waals surface area contributed by atoms with Gasteiger partial charge in [0.1, 0.15) is 6.04 Å². The van der Waals surface area contributed by atoms with Gasteiger partial charge in [-0.05, 0) is 59.7 Å². The van der Waals surface area contributed by atoms with Gasteiger partial charge in [-0.3, -0.25) is 4.79 Å². The molecule has 1 aliphatic carbocycles. The summed E-state index contributed by atoms with van der Waals surface area (Å²) in [6.07, 6.45) is 6.63. The quantitative estimate of drug-likeness (QED) is 0.818.